The predicted molar refractivity (Wildman–Crippen MR) is 164 cm³/mol. The van der Waals surface area contributed by atoms with Crippen LogP contribution in [0.4, 0.5) is 5.69 Å². The topological polar surface area (TPSA) is 96.0 Å². The van der Waals surface area contributed by atoms with Crippen LogP contribution in [0, 0.1) is 0 Å². The molecule has 1 unspecified atom stereocenters. The van der Waals surface area contributed by atoms with Gasteiger partial charge in [0.15, 0.2) is 0 Å². The average Bonchev–Trinajstić information content (AvgIpc) is 2.90. The van der Waals surface area contributed by atoms with E-state index in [-0.39, 0.29) is 24.9 Å². The molecular formula is C30H35Cl2N3O5S. The normalized spacial score (nSPS) is 12.1. The minimum absolute atomic E-state index is 0.0429. The molecule has 0 aliphatic heterocycles. The van der Waals surface area contributed by atoms with Crippen molar-refractivity contribution < 1.29 is 22.7 Å². The van der Waals surface area contributed by atoms with Gasteiger partial charge in [-0.3, -0.25) is 13.9 Å². The first kappa shape index (κ1) is 32.2. The molecule has 0 saturated heterocycles. The number of halogens is 2. The Morgan fingerprint density at radius 1 is 0.976 bits per heavy atom. The molecule has 220 valence electrons. The Labute approximate surface area is 252 Å². The van der Waals surface area contributed by atoms with Crippen molar-refractivity contribution in [1.82, 2.24) is 10.2 Å². The number of anilines is 1. The molecule has 0 heterocycles. The van der Waals surface area contributed by atoms with Gasteiger partial charge in [0.1, 0.15) is 18.3 Å². The summed E-state index contributed by atoms with van der Waals surface area (Å²) in [7, 11) is -3.88. The Kier molecular flexibility index (Phi) is 11.5. The van der Waals surface area contributed by atoms with Gasteiger partial charge in [-0.05, 0) is 68.3 Å². The minimum atomic E-state index is -3.88. The number of sulfonamides is 1. The number of amides is 2. The van der Waals surface area contributed by atoms with Crippen LogP contribution in [-0.2, 0) is 32.6 Å². The maximum absolute atomic E-state index is 14.1. The lowest BCUT2D eigenvalue weighted by atomic mass is 10.0. The maximum Gasteiger partial charge on any atom is 0.244 e. The second-order valence-corrected chi connectivity index (χ2v) is 12.6. The van der Waals surface area contributed by atoms with Crippen LogP contribution >= 0.6 is 23.2 Å². The van der Waals surface area contributed by atoms with E-state index in [0.29, 0.717) is 33.7 Å². The number of nitrogens with zero attached hydrogens (tertiary/aromatic N) is 2. The largest absolute Gasteiger partial charge is 0.494 e. The molecule has 0 fully saturated rings. The molecule has 3 aromatic carbocycles. The Morgan fingerprint density at radius 2 is 1.63 bits per heavy atom. The fourth-order valence-electron chi connectivity index (χ4n) is 4.26. The van der Waals surface area contributed by atoms with Gasteiger partial charge in [-0.2, -0.15) is 0 Å². The number of benzene rings is 3. The lowest BCUT2D eigenvalue weighted by Crippen LogP contribution is -2.54. The van der Waals surface area contributed by atoms with E-state index in [9.17, 15) is 18.0 Å². The van der Waals surface area contributed by atoms with Crippen molar-refractivity contribution in [3.8, 4) is 5.75 Å². The van der Waals surface area contributed by atoms with Crippen molar-refractivity contribution in [2.45, 2.75) is 45.8 Å². The molecule has 3 aromatic rings. The first-order valence-corrected chi connectivity index (χ1v) is 15.8. The summed E-state index contributed by atoms with van der Waals surface area (Å²) in [6, 6.07) is 19.5. The summed E-state index contributed by atoms with van der Waals surface area (Å²) >= 11 is 12.6. The van der Waals surface area contributed by atoms with Crippen LogP contribution in [0.25, 0.3) is 0 Å². The monoisotopic (exact) mass is 619 g/mol. The van der Waals surface area contributed by atoms with Gasteiger partial charge < -0.3 is 15.0 Å². The van der Waals surface area contributed by atoms with E-state index in [1.807, 2.05) is 51.1 Å². The molecule has 3 rings (SSSR count). The van der Waals surface area contributed by atoms with E-state index in [1.54, 1.807) is 42.5 Å². The van der Waals surface area contributed by atoms with Crippen molar-refractivity contribution in [3.05, 3.63) is 94.0 Å². The number of carbonyl (C=O) groups is 2. The van der Waals surface area contributed by atoms with Gasteiger partial charge in [0.2, 0.25) is 21.8 Å². The molecule has 0 spiro atoms. The molecule has 0 radical (unpaired) electrons. The Morgan fingerprint density at radius 3 is 2.20 bits per heavy atom. The molecule has 0 aromatic heterocycles. The summed E-state index contributed by atoms with van der Waals surface area (Å²) in [4.78, 5) is 29.1. The van der Waals surface area contributed by atoms with Gasteiger partial charge in [0.05, 0.1) is 18.6 Å². The van der Waals surface area contributed by atoms with Gasteiger partial charge in [-0.15, -0.1) is 0 Å². The number of hydrogen-bond acceptors (Lipinski definition) is 5. The zero-order valence-electron chi connectivity index (χ0n) is 23.5. The third-order valence-corrected chi connectivity index (χ3v) is 7.90. The zero-order chi connectivity index (χ0) is 30.2. The zero-order valence-corrected chi connectivity index (χ0v) is 25.8. The SMILES string of the molecule is CCOc1ccc(N(CC(=O)N(Cc2ccc(Cl)cc2Cl)C(Cc2ccccc2)C(=O)NC(C)C)S(C)(=O)=O)cc1. The maximum atomic E-state index is 14.1. The van der Waals surface area contributed by atoms with Gasteiger partial charge in [0.25, 0.3) is 0 Å². The van der Waals surface area contributed by atoms with Crippen LogP contribution in [0.2, 0.25) is 10.0 Å². The lowest BCUT2D eigenvalue weighted by Gasteiger charge is -2.34. The molecule has 0 bridgehead atoms. The first-order chi connectivity index (χ1) is 19.4. The van der Waals surface area contributed by atoms with Crippen molar-refractivity contribution >= 4 is 50.7 Å². The third-order valence-electron chi connectivity index (χ3n) is 6.17. The average molecular weight is 621 g/mol. The molecule has 0 aliphatic rings. The van der Waals surface area contributed by atoms with E-state index < -0.39 is 28.5 Å². The van der Waals surface area contributed by atoms with Crippen molar-refractivity contribution in [1.29, 1.82) is 0 Å². The predicted octanol–water partition coefficient (Wildman–Crippen LogP) is 5.32. The minimum Gasteiger partial charge on any atom is -0.494 e. The summed E-state index contributed by atoms with van der Waals surface area (Å²) in [5.41, 5.74) is 1.69. The molecule has 11 heteroatoms. The van der Waals surface area contributed by atoms with E-state index >= 15 is 0 Å². The smallest absolute Gasteiger partial charge is 0.244 e. The number of hydrogen-bond donors (Lipinski definition) is 1. The number of carbonyl (C=O) groups excluding carboxylic acids is 2. The van der Waals surface area contributed by atoms with Gasteiger partial charge in [-0.1, -0.05) is 59.6 Å². The fourth-order valence-corrected chi connectivity index (χ4v) is 5.57. The summed E-state index contributed by atoms with van der Waals surface area (Å²) in [5, 5.41) is 3.66. The summed E-state index contributed by atoms with van der Waals surface area (Å²) < 4.78 is 32.3. The molecule has 1 atom stereocenters. The highest BCUT2D eigenvalue weighted by Crippen LogP contribution is 2.26. The van der Waals surface area contributed by atoms with Gasteiger partial charge in [0, 0.05) is 29.1 Å². The second-order valence-electron chi connectivity index (χ2n) is 9.82. The van der Waals surface area contributed by atoms with E-state index in [1.165, 1.54) is 4.90 Å². The van der Waals surface area contributed by atoms with Crippen LogP contribution in [0.5, 0.6) is 5.75 Å². The summed E-state index contributed by atoms with van der Waals surface area (Å²) in [6.07, 6.45) is 1.24. The first-order valence-electron chi connectivity index (χ1n) is 13.2. The van der Waals surface area contributed by atoms with Crippen molar-refractivity contribution in [2.75, 3.05) is 23.7 Å². The summed E-state index contributed by atoms with van der Waals surface area (Å²) in [6.45, 7) is 5.39. The number of ether oxygens (including phenoxy) is 1. The fraction of sp³-hybridized carbons (Fsp3) is 0.333. The van der Waals surface area contributed by atoms with Crippen LogP contribution in [0.15, 0.2) is 72.8 Å². The molecule has 0 aliphatic carbocycles. The van der Waals surface area contributed by atoms with Crippen LogP contribution < -0.4 is 14.4 Å². The molecule has 1 N–H and O–H groups in total. The number of nitrogens with one attached hydrogen (secondary N) is 1. The molecule has 8 nitrogen and oxygen atoms in total. The Balaban J connectivity index is 2.06. The quantitative estimate of drug-likeness (QED) is 0.279. The van der Waals surface area contributed by atoms with Gasteiger partial charge in [-0.25, -0.2) is 8.42 Å². The molecule has 0 saturated carbocycles. The molecule has 2 amide bonds. The van der Waals surface area contributed by atoms with E-state index in [4.69, 9.17) is 27.9 Å². The third kappa shape index (κ3) is 9.38. The Bertz CT molecular complexity index is 1430. The van der Waals surface area contributed by atoms with Crippen LogP contribution in [0.1, 0.15) is 31.9 Å². The molecular weight excluding hydrogens is 585 g/mol. The highest BCUT2D eigenvalue weighted by Gasteiger charge is 2.33. The van der Waals surface area contributed by atoms with Gasteiger partial charge >= 0.3 is 0 Å². The summed E-state index contributed by atoms with van der Waals surface area (Å²) in [5.74, 6) is -0.368. The van der Waals surface area contributed by atoms with E-state index in [0.717, 1.165) is 16.1 Å². The van der Waals surface area contributed by atoms with Crippen LogP contribution in [-0.4, -0.2) is 56.6 Å². The van der Waals surface area contributed by atoms with Crippen molar-refractivity contribution in [2.24, 2.45) is 0 Å². The highest BCUT2D eigenvalue weighted by atomic mass is 35.5. The van der Waals surface area contributed by atoms with Crippen molar-refractivity contribution in [3.63, 3.8) is 0 Å². The second kappa shape index (κ2) is 14.6. The Hall–Kier alpha value is -3.27. The number of rotatable bonds is 13. The highest BCUT2D eigenvalue weighted by molar-refractivity contribution is 7.92. The lowest BCUT2D eigenvalue weighted by molar-refractivity contribution is -0.140. The molecule has 41 heavy (non-hydrogen) atoms. The van der Waals surface area contributed by atoms with Crippen LogP contribution in [0.3, 0.4) is 0 Å². The standard InChI is InChI=1S/C30H35Cl2N3O5S/c1-5-40-26-15-13-25(14-16-26)35(41(4,38)39)20-29(36)34(19-23-11-12-24(31)18-27(23)32)28(30(37)33-21(2)3)17-22-9-7-6-8-10-22/h6-16,18,21,28H,5,17,19-20H2,1-4H3,(H,33,37). The van der Waals surface area contributed by atoms with E-state index in [2.05, 4.69) is 5.32 Å².